The lowest BCUT2D eigenvalue weighted by Gasteiger charge is -2.23. The predicted octanol–water partition coefficient (Wildman–Crippen LogP) is 2.11. The maximum Gasteiger partial charge on any atom is 0.243 e. The summed E-state index contributed by atoms with van der Waals surface area (Å²) in [5, 5.41) is 17.4. The minimum atomic E-state index is -0.750. The summed E-state index contributed by atoms with van der Waals surface area (Å²) in [6.45, 7) is 2.06. The van der Waals surface area contributed by atoms with Crippen LogP contribution in [0.4, 0.5) is 0 Å². The van der Waals surface area contributed by atoms with Gasteiger partial charge in [-0.25, -0.2) is 0 Å². The molecule has 0 saturated carbocycles. The zero-order valence-electron chi connectivity index (χ0n) is 14.6. The summed E-state index contributed by atoms with van der Waals surface area (Å²) >= 11 is 12.0. The first-order chi connectivity index (χ1) is 12.8. The summed E-state index contributed by atoms with van der Waals surface area (Å²) in [4.78, 5) is 26.5. The molecule has 7 nitrogen and oxygen atoms in total. The number of benzene rings is 1. The number of amides is 2. The number of halogens is 2. The Morgan fingerprint density at radius 3 is 2.81 bits per heavy atom. The SMILES string of the molecule is Cc1cc(CC(=O)N2C[C@H](O)C[C@H]2C(=O)NCc2ccc(Cl)cc2Cl)on1. The Hall–Kier alpha value is -2.09. The summed E-state index contributed by atoms with van der Waals surface area (Å²) in [5.74, 6) is -0.224. The molecular formula is C18H19Cl2N3O4. The van der Waals surface area contributed by atoms with Gasteiger partial charge in [-0.3, -0.25) is 9.59 Å². The standard InChI is InChI=1S/C18H19Cl2N3O4/c1-10-4-14(27-22-10)7-17(25)23-9-13(24)6-16(23)18(26)21-8-11-2-3-12(19)5-15(11)20/h2-5,13,16,24H,6-9H2,1H3,(H,21,26)/t13-,16+/m1/s1. The molecule has 1 aliphatic rings. The molecule has 2 N–H and O–H groups in total. The van der Waals surface area contributed by atoms with Crippen LogP contribution >= 0.6 is 23.2 Å². The molecular weight excluding hydrogens is 393 g/mol. The van der Waals surface area contributed by atoms with Crippen molar-refractivity contribution in [1.82, 2.24) is 15.4 Å². The first-order valence-electron chi connectivity index (χ1n) is 8.45. The molecule has 0 radical (unpaired) electrons. The molecule has 144 valence electrons. The van der Waals surface area contributed by atoms with Crippen LogP contribution in [-0.4, -0.2) is 45.7 Å². The molecule has 2 amide bonds. The number of aromatic nitrogens is 1. The van der Waals surface area contributed by atoms with Crippen LogP contribution in [0.3, 0.4) is 0 Å². The van der Waals surface area contributed by atoms with Gasteiger partial charge in [0.25, 0.3) is 0 Å². The highest BCUT2D eigenvalue weighted by atomic mass is 35.5. The Morgan fingerprint density at radius 2 is 2.15 bits per heavy atom. The van der Waals surface area contributed by atoms with Gasteiger partial charge in [0.05, 0.1) is 18.2 Å². The van der Waals surface area contributed by atoms with Gasteiger partial charge in [0, 0.05) is 35.6 Å². The van der Waals surface area contributed by atoms with Crippen molar-refractivity contribution in [2.24, 2.45) is 0 Å². The summed E-state index contributed by atoms with van der Waals surface area (Å²) in [5.41, 5.74) is 1.39. The van der Waals surface area contributed by atoms with Gasteiger partial charge in [-0.2, -0.15) is 0 Å². The number of nitrogens with zero attached hydrogens (tertiary/aromatic N) is 2. The van der Waals surface area contributed by atoms with E-state index in [1.54, 1.807) is 31.2 Å². The lowest BCUT2D eigenvalue weighted by atomic mass is 10.1. The Balaban J connectivity index is 1.63. The summed E-state index contributed by atoms with van der Waals surface area (Å²) < 4.78 is 5.06. The highest BCUT2D eigenvalue weighted by Crippen LogP contribution is 2.22. The smallest absolute Gasteiger partial charge is 0.243 e. The predicted molar refractivity (Wildman–Crippen MR) is 99.4 cm³/mol. The van der Waals surface area contributed by atoms with Crippen molar-refractivity contribution in [2.45, 2.75) is 38.5 Å². The second kappa shape index (κ2) is 8.29. The quantitative estimate of drug-likeness (QED) is 0.785. The monoisotopic (exact) mass is 411 g/mol. The van der Waals surface area contributed by atoms with E-state index in [4.69, 9.17) is 27.7 Å². The van der Waals surface area contributed by atoms with E-state index in [-0.39, 0.29) is 37.7 Å². The number of aliphatic hydroxyl groups excluding tert-OH is 1. The van der Waals surface area contributed by atoms with Gasteiger partial charge in [-0.1, -0.05) is 34.4 Å². The van der Waals surface area contributed by atoms with Gasteiger partial charge in [0.2, 0.25) is 11.8 Å². The van der Waals surface area contributed by atoms with Crippen LogP contribution in [0.15, 0.2) is 28.8 Å². The van der Waals surface area contributed by atoms with Gasteiger partial charge < -0.3 is 19.8 Å². The number of carbonyl (C=O) groups is 2. The zero-order valence-corrected chi connectivity index (χ0v) is 16.1. The second-order valence-electron chi connectivity index (χ2n) is 6.52. The fraction of sp³-hybridized carbons (Fsp3) is 0.389. The summed E-state index contributed by atoms with van der Waals surface area (Å²) in [6.07, 6.45) is -0.581. The van der Waals surface area contributed by atoms with E-state index in [1.165, 1.54) is 4.90 Å². The maximum atomic E-state index is 12.6. The molecule has 27 heavy (non-hydrogen) atoms. The van der Waals surface area contributed by atoms with Crippen LogP contribution in [0.5, 0.6) is 0 Å². The molecule has 0 aliphatic carbocycles. The van der Waals surface area contributed by atoms with E-state index in [0.717, 1.165) is 0 Å². The molecule has 2 atom stereocenters. The minimum Gasteiger partial charge on any atom is -0.391 e. The number of rotatable bonds is 5. The average molecular weight is 412 g/mol. The van der Waals surface area contributed by atoms with Crippen LogP contribution in [0.1, 0.15) is 23.4 Å². The Labute approximate surface area is 166 Å². The Bertz CT molecular complexity index is 855. The highest BCUT2D eigenvalue weighted by molar-refractivity contribution is 6.35. The highest BCUT2D eigenvalue weighted by Gasteiger charge is 2.38. The molecule has 0 unspecified atom stereocenters. The Kier molecular flexibility index (Phi) is 6.04. The number of aliphatic hydroxyl groups is 1. The van der Waals surface area contributed by atoms with E-state index in [2.05, 4.69) is 10.5 Å². The molecule has 1 saturated heterocycles. The summed E-state index contributed by atoms with van der Waals surface area (Å²) in [7, 11) is 0. The number of aryl methyl sites for hydroxylation is 1. The number of likely N-dealkylation sites (tertiary alicyclic amines) is 1. The van der Waals surface area contributed by atoms with Crippen molar-refractivity contribution in [3.05, 3.63) is 51.3 Å². The van der Waals surface area contributed by atoms with Crippen molar-refractivity contribution in [2.75, 3.05) is 6.54 Å². The van der Waals surface area contributed by atoms with Gasteiger partial charge in [0.15, 0.2) is 0 Å². The molecule has 9 heteroatoms. The fourth-order valence-corrected chi connectivity index (χ4v) is 3.53. The molecule has 2 aromatic rings. The first kappa shape index (κ1) is 19.7. The number of nitrogens with one attached hydrogen (secondary N) is 1. The largest absolute Gasteiger partial charge is 0.391 e. The molecule has 1 fully saturated rings. The molecule has 3 rings (SSSR count). The second-order valence-corrected chi connectivity index (χ2v) is 7.36. The van der Waals surface area contributed by atoms with Crippen LogP contribution < -0.4 is 5.32 Å². The normalized spacial score (nSPS) is 19.3. The van der Waals surface area contributed by atoms with Crippen LogP contribution in [0.25, 0.3) is 0 Å². The molecule has 2 heterocycles. The third kappa shape index (κ3) is 4.80. The molecule has 1 aliphatic heterocycles. The lowest BCUT2D eigenvalue weighted by molar-refractivity contribution is -0.138. The molecule has 0 bridgehead atoms. The molecule has 1 aromatic carbocycles. The minimum absolute atomic E-state index is 0.0135. The fourth-order valence-electron chi connectivity index (χ4n) is 3.05. The Morgan fingerprint density at radius 1 is 1.37 bits per heavy atom. The number of carbonyl (C=O) groups excluding carboxylic acids is 2. The van der Waals surface area contributed by atoms with Crippen LogP contribution in [-0.2, 0) is 22.6 Å². The topological polar surface area (TPSA) is 95.7 Å². The van der Waals surface area contributed by atoms with Gasteiger partial charge >= 0.3 is 0 Å². The number of hydrogen-bond acceptors (Lipinski definition) is 5. The van der Waals surface area contributed by atoms with Crippen molar-refractivity contribution in [3.8, 4) is 0 Å². The molecule has 1 aromatic heterocycles. The van der Waals surface area contributed by atoms with Gasteiger partial charge in [-0.05, 0) is 24.6 Å². The number of β-amino-alcohol motifs (C(OH)–C–C–N with tert-alkyl or cyclic N) is 1. The maximum absolute atomic E-state index is 12.6. The van der Waals surface area contributed by atoms with Crippen LogP contribution in [0, 0.1) is 6.92 Å². The number of hydrogen-bond donors (Lipinski definition) is 2. The van der Waals surface area contributed by atoms with Gasteiger partial charge in [0.1, 0.15) is 11.8 Å². The van der Waals surface area contributed by atoms with Crippen molar-refractivity contribution < 1.29 is 19.2 Å². The third-order valence-electron chi connectivity index (χ3n) is 4.37. The van der Waals surface area contributed by atoms with Crippen molar-refractivity contribution >= 4 is 35.0 Å². The van der Waals surface area contributed by atoms with Crippen LogP contribution in [0.2, 0.25) is 10.0 Å². The van der Waals surface area contributed by atoms with E-state index in [0.29, 0.717) is 27.1 Å². The van der Waals surface area contributed by atoms with E-state index >= 15 is 0 Å². The van der Waals surface area contributed by atoms with E-state index < -0.39 is 12.1 Å². The van der Waals surface area contributed by atoms with Crippen molar-refractivity contribution in [1.29, 1.82) is 0 Å². The first-order valence-corrected chi connectivity index (χ1v) is 9.20. The lowest BCUT2D eigenvalue weighted by Crippen LogP contribution is -2.46. The van der Waals surface area contributed by atoms with Crippen molar-refractivity contribution in [3.63, 3.8) is 0 Å². The van der Waals surface area contributed by atoms with E-state index in [1.807, 2.05) is 0 Å². The third-order valence-corrected chi connectivity index (χ3v) is 4.96. The van der Waals surface area contributed by atoms with E-state index in [9.17, 15) is 14.7 Å². The molecule has 0 spiro atoms. The summed E-state index contributed by atoms with van der Waals surface area (Å²) in [6, 6.07) is 5.93. The van der Waals surface area contributed by atoms with Gasteiger partial charge in [-0.15, -0.1) is 0 Å². The average Bonchev–Trinajstić information content (AvgIpc) is 3.19. The zero-order chi connectivity index (χ0) is 19.6.